The lowest BCUT2D eigenvalue weighted by atomic mass is 10.2. The van der Waals surface area contributed by atoms with Crippen LogP contribution in [0.4, 0.5) is 4.39 Å². The van der Waals surface area contributed by atoms with Crippen LogP contribution in [-0.4, -0.2) is 38.6 Å². The number of benzene rings is 1. The first-order valence-corrected chi connectivity index (χ1v) is 5.49. The Morgan fingerprint density at radius 3 is 2.82 bits per heavy atom. The summed E-state index contributed by atoms with van der Waals surface area (Å²) in [6.07, 6.45) is 0. The Morgan fingerprint density at radius 1 is 1.29 bits per heavy atom. The van der Waals surface area contributed by atoms with Gasteiger partial charge in [-0.05, 0) is 17.7 Å². The fourth-order valence-electron chi connectivity index (χ4n) is 1.28. The smallest absolute Gasteiger partial charge is 0.165 e. The van der Waals surface area contributed by atoms with Crippen LogP contribution in [0.5, 0.6) is 5.75 Å². The first-order valence-electron chi connectivity index (χ1n) is 5.49. The number of hydrogen-bond acceptors (Lipinski definition) is 4. The summed E-state index contributed by atoms with van der Waals surface area (Å²) in [5.74, 6) is -0.919. The lowest BCUT2D eigenvalue weighted by Crippen LogP contribution is -2.20. The molecule has 1 rings (SSSR count). The number of rotatable bonds is 8. The van der Waals surface area contributed by atoms with E-state index in [1.54, 1.807) is 13.2 Å². The largest absolute Gasteiger partial charge is 0.505 e. The molecule has 1 aromatic carbocycles. The van der Waals surface area contributed by atoms with Gasteiger partial charge < -0.3 is 19.9 Å². The average Bonchev–Trinajstić information content (AvgIpc) is 2.32. The van der Waals surface area contributed by atoms with Crippen LogP contribution in [0.2, 0.25) is 0 Å². The lowest BCUT2D eigenvalue weighted by molar-refractivity contribution is 0.0719. The minimum absolute atomic E-state index is 0.323. The van der Waals surface area contributed by atoms with Crippen LogP contribution >= 0.6 is 0 Å². The predicted octanol–water partition coefficient (Wildman–Crippen LogP) is 1.28. The highest BCUT2D eigenvalue weighted by Crippen LogP contribution is 2.15. The normalized spacial score (nSPS) is 10.7. The topological polar surface area (TPSA) is 50.7 Å². The molecule has 0 fully saturated rings. The number of nitrogens with one attached hydrogen (secondary N) is 1. The molecule has 0 aliphatic carbocycles. The van der Waals surface area contributed by atoms with Gasteiger partial charge in [-0.3, -0.25) is 0 Å². The third-order valence-corrected chi connectivity index (χ3v) is 2.20. The lowest BCUT2D eigenvalue weighted by Gasteiger charge is -2.06. The molecular weight excluding hydrogens is 225 g/mol. The van der Waals surface area contributed by atoms with Gasteiger partial charge in [-0.1, -0.05) is 6.07 Å². The van der Waals surface area contributed by atoms with E-state index >= 15 is 0 Å². The van der Waals surface area contributed by atoms with Crippen molar-refractivity contribution in [3.8, 4) is 5.75 Å². The van der Waals surface area contributed by atoms with E-state index in [1.807, 2.05) is 0 Å². The summed E-state index contributed by atoms with van der Waals surface area (Å²) in [5.41, 5.74) is 0.789. The third kappa shape index (κ3) is 5.63. The molecule has 0 saturated carbocycles. The Morgan fingerprint density at radius 2 is 2.12 bits per heavy atom. The molecule has 0 unspecified atom stereocenters. The Hall–Kier alpha value is -1.17. The van der Waals surface area contributed by atoms with E-state index in [-0.39, 0.29) is 5.75 Å². The van der Waals surface area contributed by atoms with Gasteiger partial charge in [-0.15, -0.1) is 0 Å². The van der Waals surface area contributed by atoms with Crippen LogP contribution in [0.15, 0.2) is 18.2 Å². The SMILES string of the molecule is COCCOCCNCc1ccc(O)c(F)c1. The molecule has 0 amide bonds. The molecule has 96 valence electrons. The molecule has 5 heteroatoms. The summed E-state index contributed by atoms with van der Waals surface area (Å²) in [7, 11) is 1.63. The summed E-state index contributed by atoms with van der Waals surface area (Å²) < 4.78 is 23.1. The molecule has 0 aliphatic rings. The molecule has 4 nitrogen and oxygen atoms in total. The summed E-state index contributed by atoms with van der Waals surface area (Å²) >= 11 is 0. The predicted molar refractivity (Wildman–Crippen MR) is 62.5 cm³/mol. The maximum atomic E-state index is 13.0. The van der Waals surface area contributed by atoms with Gasteiger partial charge >= 0.3 is 0 Å². The molecule has 0 radical (unpaired) electrons. The van der Waals surface area contributed by atoms with E-state index in [9.17, 15) is 4.39 Å². The van der Waals surface area contributed by atoms with Gasteiger partial charge in [-0.2, -0.15) is 0 Å². The van der Waals surface area contributed by atoms with E-state index < -0.39 is 5.82 Å². The molecule has 0 aromatic heterocycles. The zero-order valence-corrected chi connectivity index (χ0v) is 9.91. The van der Waals surface area contributed by atoms with Gasteiger partial charge in [0.25, 0.3) is 0 Å². The van der Waals surface area contributed by atoms with Gasteiger partial charge in [-0.25, -0.2) is 4.39 Å². The van der Waals surface area contributed by atoms with E-state index in [0.717, 1.165) is 5.56 Å². The standard InChI is InChI=1S/C12H18FNO3/c1-16-6-7-17-5-4-14-9-10-2-3-12(15)11(13)8-10/h2-3,8,14-15H,4-7,9H2,1H3. The molecule has 1 aromatic rings. The van der Waals surface area contributed by atoms with Gasteiger partial charge in [0.1, 0.15) is 0 Å². The number of hydrogen-bond donors (Lipinski definition) is 2. The van der Waals surface area contributed by atoms with Crippen LogP contribution in [0, 0.1) is 5.82 Å². The third-order valence-electron chi connectivity index (χ3n) is 2.20. The van der Waals surface area contributed by atoms with E-state index in [4.69, 9.17) is 14.6 Å². The van der Waals surface area contributed by atoms with Crippen molar-refractivity contribution in [2.45, 2.75) is 6.54 Å². The van der Waals surface area contributed by atoms with Gasteiger partial charge in [0.05, 0.1) is 19.8 Å². The van der Waals surface area contributed by atoms with Crippen molar-refractivity contribution in [3.05, 3.63) is 29.6 Å². The van der Waals surface area contributed by atoms with Crippen molar-refractivity contribution < 1.29 is 19.0 Å². The molecule has 0 atom stereocenters. The Labute approximate surface area is 100 Å². The highest BCUT2D eigenvalue weighted by molar-refractivity contribution is 5.27. The van der Waals surface area contributed by atoms with Crippen molar-refractivity contribution in [1.82, 2.24) is 5.32 Å². The Kier molecular flexibility index (Phi) is 6.54. The quantitative estimate of drug-likeness (QED) is 0.675. The second kappa shape index (κ2) is 8.00. The van der Waals surface area contributed by atoms with Crippen LogP contribution in [0.25, 0.3) is 0 Å². The maximum absolute atomic E-state index is 13.0. The summed E-state index contributed by atoms with van der Waals surface area (Å²) in [6.45, 7) is 2.98. The van der Waals surface area contributed by atoms with Crippen LogP contribution in [0.3, 0.4) is 0 Å². The van der Waals surface area contributed by atoms with E-state index in [1.165, 1.54) is 12.1 Å². The van der Waals surface area contributed by atoms with Crippen molar-refractivity contribution in [3.63, 3.8) is 0 Å². The van der Waals surface area contributed by atoms with Crippen LogP contribution in [0.1, 0.15) is 5.56 Å². The van der Waals surface area contributed by atoms with Crippen LogP contribution < -0.4 is 5.32 Å². The highest BCUT2D eigenvalue weighted by Gasteiger charge is 2.00. The minimum atomic E-state index is -0.597. The maximum Gasteiger partial charge on any atom is 0.165 e. The summed E-state index contributed by atoms with van der Waals surface area (Å²) in [5, 5.41) is 12.1. The molecule has 0 saturated heterocycles. The second-order valence-electron chi connectivity index (χ2n) is 3.57. The zero-order chi connectivity index (χ0) is 12.5. The fraction of sp³-hybridized carbons (Fsp3) is 0.500. The molecule has 17 heavy (non-hydrogen) atoms. The average molecular weight is 243 g/mol. The Balaban J connectivity index is 2.11. The molecule has 0 aliphatic heterocycles. The number of aromatic hydroxyl groups is 1. The molecular formula is C12H18FNO3. The van der Waals surface area contributed by atoms with E-state index in [2.05, 4.69) is 5.32 Å². The number of halogens is 1. The molecule has 0 spiro atoms. The number of phenolic OH excluding ortho intramolecular Hbond substituents is 1. The monoisotopic (exact) mass is 243 g/mol. The van der Waals surface area contributed by atoms with Crippen molar-refractivity contribution >= 4 is 0 Å². The molecule has 0 heterocycles. The minimum Gasteiger partial charge on any atom is -0.505 e. The van der Waals surface area contributed by atoms with Gasteiger partial charge in [0.2, 0.25) is 0 Å². The van der Waals surface area contributed by atoms with Crippen molar-refractivity contribution in [2.75, 3.05) is 33.5 Å². The number of phenols is 1. The second-order valence-corrected chi connectivity index (χ2v) is 3.57. The van der Waals surface area contributed by atoms with Crippen molar-refractivity contribution in [2.24, 2.45) is 0 Å². The first kappa shape index (κ1) is 13.9. The summed E-state index contributed by atoms with van der Waals surface area (Å²) in [4.78, 5) is 0. The van der Waals surface area contributed by atoms with E-state index in [0.29, 0.717) is 32.9 Å². The Bertz CT molecular complexity index is 334. The number of methoxy groups -OCH3 is 1. The fourth-order valence-corrected chi connectivity index (χ4v) is 1.28. The van der Waals surface area contributed by atoms with Gasteiger partial charge in [0.15, 0.2) is 11.6 Å². The molecule has 0 bridgehead atoms. The van der Waals surface area contributed by atoms with Crippen LogP contribution in [-0.2, 0) is 16.0 Å². The zero-order valence-electron chi connectivity index (χ0n) is 9.91. The highest BCUT2D eigenvalue weighted by atomic mass is 19.1. The number of ether oxygens (including phenoxy) is 2. The van der Waals surface area contributed by atoms with Gasteiger partial charge in [0, 0.05) is 20.2 Å². The van der Waals surface area contributed by atoms with Crippen molar-refractivity contribution in [1.29, 1.82) is 0 Å². The molecule has 2 N–H and O–H groups in total. The first-order chi connectivity index (χ1) is 8.24. The summed E-state index contributed by atoms with van der Waals surface area (Å²) in [6, 6.07) is 4.34.